The van der Waals surface area contributed by atoms with Crippen LogP contribution >= 0.6 is 0 Å². The Morgan fingerprint density at radius 2 is 1.93 bits per heavy atom. The third kappa shape index (κ3) is 9.08. The van der Waals surface area contributed by atoms with Gasteiger partial charge in [-0.3, -0.25) is 0 Å². The van der Waals surface area contributed by atoms with Crippen LogP contribution in [0.3, 0.4) is 0 Å². The Labute approximate surface area is 85.8 Å². The van der Waals surface area contributed by atoms with E-state index in [2.05, 4.69) is 11.8 Å². The minimum absolute atomic E-state index is 0.0321. The highest BCUT2D eigenvalue weighted by atomic mass is 16.6. The lowest BCUT2D eigenvalue weighted by Crippen LogP contribution is -2.26. The summed E-state index contributed by atoms with van der Waals surface area (Å²) in [6.07, 6.45) is 0.801. The molecule has 0 aliphatic heterocycles. The molecule has 14 heavy (non-hydrogen) atoms. The second-order valence-electron chi connectivity index (χ2n) is 3.79. The molecule has 0 saturated carbocycles. The molecule has 0 rings (SSSR count). The molecule has 0 aliphatic rings. The predicted molar refractivity (Wildman–Crippen MR) is 54.7 cm³/mol. The highest BCUT2D eigenvalue weighted by Crippen LogP contribution is 2.06. The SMILES string of the molecule is CCC#CCOCC(=O)OC(C)(C)C. The standard InChI is InChI=1S/C11H18O3/c1-5-6-7-8-13-9-10(12)14-11(2,3)4/h5,8-9H2,1-4H3. The van der Waals surface area contributed by atoms with Crippen LogP contribution in [-0.4, -0.2) is 24.8 Å². The molecule has 0 bridgehead atoms. The number of carbonyl (C=O) groups excluding carboxylic acids is 1. The van der Waals surface area contributed by atoms with Gasteiger partial charge < -0.3 is 9.47 Å². The van der Waals surface area contributed by atoms with E-state index in [9.17, 15) is 4.79 Å². The molecule has 80 valence electrons. The Hall–Kier alpha value is -1.01. The van der Waals surface area contributed by atoms with E-state index in [0.717, 1.165) is 6.42 Å². The smallest absolute Gasteiger partial charge is 0.332 e. The van der Waals surface area contributed by atoms with Crippen molar-refractivity contribution in [3.05, 3.63) is 0 Å². The van der Waals surface area contributed by atoms with Gasteiger partial charge in [-0.1, -0.05) is 12.8 Å². The monoisotopic (exact) mass is 198 g/mol. The minimum atomic E-state index is -0.449. The molecule has 0 aromatic carbocycles. The molecule has 3 heteroatoms. The lowest BCUT2D eigenvalue weighted by Gasteiger charge is -2.19. The molecule has 0 atom stereocenters. The lowest BCUT2D eigenvalue weighted by molar-refractivity contribution is -0.159. The Morgan fingerprint density at radius 1 is 1.29 bits per heavy atom. The van der Waals surface area contributed by atoms with Crippen LogP contribution in [0, 0.1) is 11.8 Å². The van der Waals surface area contributed by atoms with Gasteiger partial charge in [0.15, 0.2) is 0 Å². The van der Waals surface area contributed by atoms with Gasteiger partial charge in [-0.05, 0) is 20.8 Å². The molecule has 0 aromatic heterocycles. The average Bonchev–Trinajstić information content (AvgIpc) is 2.00. The first kappa shape index (κ1) is 13.0. The quantitative estimate of drug-likeness (QED) is 0.394. The van der Waals surface area contributed by atoms with E-state index in [-0.39, 0.29) is 19.2 Å². The van der Waals surface area contributed by atoms with Gasteiger partial charge in [-0.25, -0.2) is 4.79 Å². The first-order valence-electron chi connectivity index (χ1n) is 4.71. The summed E-state index contributed by atoms with van der Waals surface area (Å²) in [7, 11) is 0. The Bertz CT molecular complexity index is 227. The van der Waals surface area contributed by atoms with Crippen molar-refractivity contribution in [3.63, 3.8) is 0 Å². The van der Waals surface area contributed by atoms with Crippen LogP contribution < -0.4 is 0 Å². The number of carbonyl (C=O) groups is 1. The van der Waals surface area contributed by atoms with Crippen molar-refractivity contribution in [2.24, 2.45) is 0 Å². The van der Waals surface area contributed by atoms with Gasteiger partial charge in [-0.15, -0.1) is 5.92 Å². The van der Waals surface area contributed by atoms with Gasteiger partial charge in [0.2, 0.25) is 0 Å². The molecular weight excluding hydrogens is 180 g/mol. The fraction of sp³-hybridized carbons (Fsp3) is 0.727. The summed E-state index contributed by atoms with van der Waals surface area (Å²) in [5.74, 6) is 5.27. The van der Waals surface area contributed by atoms with E-state index in [1.165, 1.54) is 0 Å². The number of ether oxygens (including phenoxy) is 2. The second kappa shape index (κ2) is 6.44. The molecule has 0 radical (unpaired) electrons. The Kier molecular flexibility index (Phi) is 5.98. The van der Waals surface area contributed by atoms with Gasteiger partial charge in [-0.2, -0.15) is 0 Å². The molecule has 0 N–H and O–H groups in total. The van der Waals surface area contributed by atoms with E-state index in [1.807, 2.05) is 27.7 Å². The normalized spacial score (nSPS) is 10.3. The van der Waals surface area contributed by atoms with E-state index in [0.29, 0.717) is 0 Å². The summed E-state index contributed by atoms with van der Waals surface area (Å²) in [5, 5.41) is 0. The number of esters is 1. The maximum absolute atomic E-state index is 11.1. The van der Waals surface area contributed by atoms with Crippen LogP contribution in [0.25, 0.3) is 0 Å². The molecular formula is C11H18O3. The van der Waals surface area contributed by atoms with Gasteiger partial charge in [0.1, 0.15) is 18.8 Å². The summed E-state index contributed by atoms with van der Waals surface area (Å²) >= 11 is 0. The van der Waals surface area contributed by atoms with Crippen molar-refractivity contribution < 1.29 is 14.3 Å². The molecule has 0 unspecified atom stereocenters. The zero-order valence-electron chi connectivity index (χ0n) is 9.35. The van der Waals surface area contributed by atoms with Crippen LogP contribution in [0.15, 0.2) is 0 Å². The third-order valence-electron chi connectivity index (χ3n) is 1.12. The molecule has 3 nitrogen and oxygen atoms in total. The summed E-state index contributed by atoms with van der Waals surface area (Å²) in [6, 6.07) is 0. The zero-order valence-corrected chi connectivity index (χ0v) is 9.35. The van der Waals surface area contributed by atoms with E-state index >= 15 is 0 Å². The van der Waals surface area contributed by atoms with Gasteiger partial charge in [0, 0.05) is 6.42 Å². The largest absolute Gasteiger partial charge is 0.458 e. The summed E-state index contributed by atoms with van der Waals surface area (Å²) in [5.41, 5.74) is -0.449. The van der Waals surface area contributed by atoms with Crippen molar-refractivity contribution in [2.75, 3.05) is 13.2 Å². The predicted octanol–water partition coefficient (Wildman–Crippen LogP) is 1.76. The number of hydrogen-bond acceptors (Lipinski definition) is 3. The van der Waals surface area contributed by atoms with Crippen LogP contribution in [0.5, 0.6) is 0 Å². The second-order valence-corrected chi connectivity index (χ2v) is 3.79. The fourth-order valence-electron chi connectivity index (χ4n) is 0.732. The molecule has 0 aromatic rings. The summed E-state index contributed by atoms with van der Waals surface area (Å²) in [4.78, 5) is 11.1. The number of hydrogen-bond donors (Lipinski definition) is 0. The maximum atomic E-state index is 11.1. The van der Waals surface area contributed by atoms with Crippen molar-refractivity contribution in [2.45, 2.75) is 39.7 Å². The summed E-state index contributed by atoms with van der Waals surface area (Å²) in [6.45, 7) is 7.68. The highest BCUT2D eigenvalue weighted by molar-refractivity contribution is 5.71. The lowest BCUT2D eigenvalue weighted by atomic mass is 10.2. The van der Waals surface area contributed by atoms with Crippen molar-refractivity contribution in [1.82, 2.24) is 0 Å². The first-order chi connectivity index (χ1) is 6.45. The van der Waals surface area contributed by atoms with Gasteiger partial charge in [0.05, 0.1) is 0 Å². The van der Waals surface area contributed by atoms with Crippen molar-refractivity contribution in [3.8, 4) is 11.8 Å². The molecule has 0 amide bonds. The molecule has 0 saturated heterocycles. The van der Waals surface area contributed by atoms with E-state index < -0.39 is 5.60 Å². The topological polar surface area (TPSA) is 35.5 Å². The Morgan fingerprint density at radius 3 is 2.43 bits per heavy atom. The van der Waals surface area contributed by atoms with Gasteiger partial charge >= 0.3 is 5.97 Å². The zero-order chi connectivity index (χ0) is 11.0. The van der Waals surface area contributed by atoms with Crippen LogP contribution in [0.4, 0.5) is 0 Å². The molecule has 0 spiro atoms. The molecule has 0 heterocycles. The van der Waals surface area contributed by atoms with Crippen LogP contribution in [-0.2, 0) is 14.3 Å². The highest BCUT2D eigenvalue weighted by Gasteiger charge is 2.15. The summed E-state index contributed by atoms with van der Waals surface area (Å²) < 4.78 is 10.0. The van der Waals surface area contributed by atoms with E-state index in [1.54, 1.807) is 0 Å². The average molecular weight is 198 g/mol. The van der Waals surface area contributed by atoms with Crippen molar-refractivity contribution >= 4 is 5.97 Å². The van der Waals surface area contributed by atoms with Crippen LogP contribution in [0.1, 0.15) is 34.1 Å². The fourth-order valence-corrected chi connectivity index (χ4v) is 0.732. The number of rotatable bonds is 3. The van der Waals surface area contributed by atoms with Crippen LogP contribution in [0.2, 0.25) is 0 Å². The molecule has 0 aliphatic carbocycles. The maximum Gasteiger partial charge on any atom is 0.332 e. The van der Waals surface area contributed by atoms with Gasteiger partial charge in [0.25, 0.3) is 0 Å². The third-order valence-corrected chi connectivity index (χ3v) is 1.12. The molecule has 0 fully saturated rings. The first-order valence-corrected chi connectivity index (χ1v) is 4.71. The minimum Gasteiger partial charge on any atom is -0.458 e. The van der Waals surface area contributed by atoms with Crippen molar-refractivity contribution in [1.29, 1.82) is 0 Å². The van der Waals surface area contributed by atoms with E-state index in [4.69, 9.17) is 9.47 Å². The Balaban J connectivity index is 3.55.